The van der Waals surface area contributed by atoms with Gasteiger partial charge >= 0.3 is 5.97 Å². The zero-order valence-corrected chi connectivity index (χ0v) is 8.79. The van der Waals surface area contributed by atoms with E-state index in [2.05, 4.69) is 0 Å². The SMILES string of the molecule is Cl.N[C@H]1CCOc2cc(C(=O)O)ccc21. The van der Waals surface area contributed by atoms with E-state index >= 15 is 0 Å². The molecule has 0 saturated heterocycles. The molecule has 0 aromatic heterocycles. The first-order chi connectivity index (χ1) is 6.68. The molecule has 1 aromatic rings. The van der Waals surface area contributed by atoms with Gasteiger partial charge in [0.1, 0.15) is 5.75 Å². The lowest BCUT2D eigenvalue weighted by Crippen LogP contribution is -2.20. The summed E-state index contributed by atoms with van der Waals surface area (Å²) in [4.78, 5) is 10.7. The summed E-state index contributed by atoms with van der Waals surface area (Å²) >= 11 is 0. The lowest BCUT2D eigenvalue weighted by molar-refractivity contribution is 0.0696. The smallest absolute Gasteiger partial charge is 0.335 e. The molecule has 1 atom stereocenters. The molecule has 1 heterocycles. The number of halogens is 1. The highest BCUT2D eigenvalue weighted by atomic mass is 35.5. The third-order valence-electron chi connectivity index (χ3n) is 2.35. The summed E-state index contributed by atoms with van der Waals surface area (Å²) in [5.74, 6) is -0.348. The minimum absolute atomic E-state index is 0. The van der Waals surface area contributed by atoms with Gasteiger partial charge in [0, 0.05) is 18.0 Å². The van der Waals surface area contributed by atoms with Gasteiger partial charge < -0.3 is 15.6 Å². The first kappa shape index (κ1) is 11.8. The van der Waals surface area contributed by atoms with Crippen LogP contribution in [0.25, 0.3) is 0 Å². The Morgan fingerprint density at radius 3 is 2.93 bits per heavy atom. The highest BCUT2D eigenvalue weighted by Gasteiger charge is 2.19. The standard InChI is InChI=1S/C10H11NO3.ClH/c11-8-3-4-14-9-5-6(10(12)13)1-2-7(8)9;/h1-2,5,8H,3-4,11H2,(H,12,13);1H/t8-;/m0./s1. The Labute approximate surface area is 93.4 Å². The van der Waals surface area contributed by atoms with E-state index in [9.17, 15) is 4.79 Å². The Morgan fingerprint density at radius 2 is 2.27 bits per heavy atom. The molecule has 82 valence electrons. The number of aromatic carboxylic acids is 1. The fraction of sp³-hybridized carbons (Fsp3) is 0.300. The average Bonchev–Trinajstić information content (AvgIpc) is 2.17. The van der Waals surface area contributed by atoms with Gasteiger partial charge in [-0.15, -0.1) is 12.4 Å². The molecule has 1 aliphatic rings. The highest BCUT2D eigenvalue weighted by Crippen LogP contribution is 2.31. The largest absolute Gasteiger partial charge is 0.493 e. The molecule has 0 aliphatic carbocycles. The number of rotatable bonds is 1. The lowest BCUT2D eigenvalue weighted by atomic mass is 10.00. The Balaban J connectivity index is 0.00000112. The highest BCUT2D eigenvalue weighted by molar-refractivity contribution is 5.88. The molecule has 0 saturated carbocycles. The Bertz CT molecular complexity index is 381. The molecular formula is C10H12ClNO3. The summed E-state index contributed by atoms with van der Waals surface area (Å²) in [5, 5.41) is 8.77. The van der Waals surface area contributed by atoms with E-state index in [4.69, 9.17) is 15.6 Å². The van der Waals surface area contributed by atoms with Crippen molar-refractivity contribution < 1.29 is 14.6 Å². The van der Waals surface area contributed by atoms with Crippen molar-refractivity contribution in [2.45, 2.75) is 12.5 Å². The number of carbonyl (C=O) groups is 1. The number of hydrogen-bond acceptors (Lipinski definition) is 3. The van der Waals surface area contributed by atoms with Crippen molar-refractivity contribution >= 4 is 18.4 Å². The summed E-state index contributed by atoms with van der Waals surface area (Å²) < 4.78 is 5.34. The molecule has 0 amide bonds. The van der Waals surface area contributed by atoms with Gasteiger partial charge in [-0.3, -0.25) is 0 Å². The molecule has 0 unspecified atom stereocenters. The molecule has 1 aliphatic heterocycles. The maximum Gasteiger partial charge on any atom is 0.335 e. The van der Waals surface area contributed by atoms with Crippen LogP contribution in [0.4, 0.5) is 0 Å². The fourth-order valence-electron chi connectivity index (χ4n) is 1.55. The van der Waals surface area contributed by atoms with Gasteiger partial charge in [-0.25, -0.2) is 4.79 Å². The van der Waals surface area contributed by atoms with Gasteiger partial charge in [0.25, 0.3) is 0 Å². The second-order valence-electron chi connectivity index (χ2n) is 3.30. The molecule has 1 aromatic carbocycles. The molecular weight excluding hydrogens is 218 g/mol. The number of benzene rings is 1. The van der Waals surface area contributed by atoms with E-state index in [0.717, 1.165) is 12.0 Å². The van der Waals surface area contributed by atoms with Crippen LogP contribution < -0.4 is 10.5 Å². The van der Waals surface area contributed by atoms with Crippen molar-refractivity contribution in [1.29, 1.82) is 0 Å². The van der Waals surface area contributed by atoms with Gasteiger partial charge in [0.15, 0.2) is 0 Å². The van der Waals surface area contributed by atoms with Crippen molar-refractivity contribution in [3.05, 3.63) is 29.3 Å². The van der Waals surface area contributed by atoms with E-state index in [1.165, 1.54) is 6.07 Å². The number of carboxylic acids is 1. The van der Waals surface area contributed by atoms with Crippen molar-refractivity contribution in [3.63, 3.8) is 0 Å². The maximum absolute atomic E-state index is 10.7. The quantitative estimate of drug-likeness (QED) is 0.767. The number of fused-ring (bicyclic) bond motifs is 1. The topological polar surface area (TPSA) is 72.5 Å². The van der Waals surface area contributed by atoms with Gasteiger partial charge in [0.2, 0.25) is 0 Å². The number of carboxylic acid groups (broad SMARTS) is 1. The van der Waals surface area contributed by atoms with Crippen LogP contribution >= 0.6 is 12.4 Å². The van der Waals surface area contributed by atoms with E-state index in [1.54, 1.807) is 12.1 Å². The molecule has 15 heavy (non-hydrogen) atoms. The summed E-state index contributed by atoms with van der Waals surface area (Å²) in [6.45, 7) is 0.553. The van der Waals surface area contributed by atoms with Crippen LogP contribution in [0, 0.1) is 0 Å². The van der Waals surface area contributed by atoms with Gasteiger partial charge in [-0.2, -0.15) is 0 Å². The summed E-state index contributed by atoms with van der Waals surface area (Å²) in [6.07, 6.45) is 0.777. The van der Waals surface area contributed by atoms with Crippen LogP contribution in [0.15, 0.2) is 18.2 Å². The molecule has 0 fully saturated rings. The molecule has 2 rings (SSSR count). The van der Waals surface area contributed by atoms with E-state index in [0.29, 0.717) is 12.4 Å². The van der Waals surface area contributed by atoms with Crippen LogP contribution in [-0.4, -0.2) is 17.7 Å². The van der Waals surface area contributed by atoms with Gasteiger partial charge in [-0.05, 0) is 12.1 Å². The zero-order valence-electron chi connectivity index (χ0n) is 7.97. The maximum atomic E-state index is 10.7. The van der Waals surface area contributed by atoms with E-state index in [-0.39, 0.29) is 24.0 Å². The second kappa shape index (κ2) is 4.51. The summed E-state index contributed by atoms with van der Waals surface area (Å²) in [5.41, 5.74) is 6.97. The predicted molar refractivity (Wildman–Crippen MR) is 57.7 cm³/mol. The van der Waals surface area contributed by atoms with Gasteiger partial charge in [-0.1, -0.05) is 6.07 Å². The molecule has 0 spiro atoms. The second-order valence-corrected chi connectivity index (χ2v) is 3.30. The fourth-order valence-corrected chi connectivity index (χ4v) is 1.55. The average molecular weight is 230 g/mol. The predicted octanol–water partition coefficient (Wildman–Crippen LogP) is 1.59. The van der Waals surface area contributed by atoms with Crippen LogP contribution in [-0.2, 0) is 0 Å². The van der Waals surface area contributed by atoms with Crippen LogP contribution in [0.2, 0.25) is 0 Å². The van der Waals surface area contributed by atoms with Gasteiger partial charge in [0.05, 0.1) is 12.2 Å². The monoisotopic (exact) mass is 229 g/mol. The number of nitrogens with two attached hydrogens (primary N) is 1. The molecule has 5 heteroatoms. The minimum Gasteiger partial charge on any atom is -0.493 e. The third kappa shape index (κ3) is 2.22. The molecule has 4 nitrogen and oxygen atoms in total. The van der Waals surface area contributed by atoms with Crippen molar-refractivity contribution in [3.8, 4) is 5.75 Å². The van der Waals surface area contributed by atoms with Crippen LogP contribution in [0.3, 0.4) is 0 Å². The Hall–Kier alpha value is -1.26. The molecule has 3 N–H and O–H groups in total. The normalized spacial score (nSPS) is 18.3. The zero-order chi connectivity index (χ0) is 10.1. The Morgan fingerprint density at radius 1 is 1.53 bits per heavy atom. The molecule has 0 bridgehead atoms. The first-order valence-electron chi connectivity index (χ1n) is 4.44. The van der Waals surface area contributed by atoms with Crippen molar-refractivity contribution in [2.75, 3.05) is 6.61 Å². The van der Waals surface area contributed by atoms with E-state index in [1.807, 2.05) is 0 Å². The minimum atomic E-state index is -0.949. The Kier molecular flexibility index (Phi) is 3.55. The number of hydrogen-bond donors (Lipinski definition) is 2. The van der Waals surface area contributed by atoms with Crippen LogP contribution in [0.5, 0.6) is 5.75 Å². The number of ether oxygens (including phenoxy) is 1. The summed E-state index contributed by atoms with van der Waals surface area (Å²) in [7, 11) is 0. The molecule has 0 radical (unpaired) electrons. The lowest BCUT2D eigenvalue weighted by Gasteiger charge is -2.22. The summed E-state index contributed by atoms with van der Waals surface area (Å²) in [6, 6.07) is 4.76. The van der Waals surface area contributed by atoms with Crippen LogP contribution in [0.1, 0.15) is 28.4 Å². The van der Waals surface area contributed by atoms with Crippen molar-refractivity contribution in [1.82, 2.24) is 0 Å². The van der Waals surface area contributed by atoms with E-state index < -0.39 is 5.97 Å². The first-order valence-corrected chi connectivity index (χ1v) is 4.44. The van der Waals surface area contributed by atoms with Crippen molar-refractivity contribution in [2.24, 2.45) is 5.73 Å². The third-order valence-corrected chi connectivity index (χ3v) is 2.35.